The topological polar surface area (TPSA) is 38.3 Å². The van der Waals surface area contributed by atoms with Crippen LogP contribution in [0.3, 0.4) is 0 Å². The summed E-state index contributed by atoms with van der Waals surface area (Å²) in [7, 11) is 0. The molecule has 0 aliphatic carbocycles. The van der Waals surface area contributed by atoms with Gasteiger partial charge in [-0.2, -0.15) is 0 Å². The lowest BCUT2D eigenvalue weighted by atomic mass is 10.1. The van der Waals surface area contributed by atoms with Crippen LogP contribution >= 0.6 is 11.6 Å². The van der Waals surface area contributed by atoms with Crippen molar-refractivity contribution in [1.29, 1.82) is 0 Å². The highest BCUT2D eigenvalue weighted by Crippen LogP contribution is 2.06. The average Bonchev–Trinajstić information content (AvgIpc) is 2.34. The van der Waals surface area contributed by atoms with Crippen LogP contribution in [-0.4, -0.2) is 19.1 Å². The van der Waals surface area contributed by atoms with Crippen molar-refractivity contribution in [2.45, 2.75) is 19.3 Å². The molecular formula is C12H16ClNO2. The number of carbonyl (C=O) groups is 1. The molecule has 1 amide bonds. The second-order valence-electron chi connectivity index (χ2n) is 3.36. The van der Waals surface area contributed by atoms with Crippen molar-refractivity contribution in [3.8, 4) is 0 Å². The van der Waals surface area contributed by atoms with Gasteiger partial charge in [0.15, 0.2) is 0 Å². The Kier molecular flexibility index (Phi) is 5.90. The first-order chi connectivity index (χ1) is 7.76. The van der Waals surface area contributed by atoms with Gasteiger partial charge in [-0.1, -0.05) is 24.3 Å². The molecule has 4 heteroatoms. The van der Waals surface area contributed by atoms with Gasteiger partial charge in [-0.05, 0) is 18.1 Å². The first-order valence-corrected chi connectivity index (χ1v) is 5.78. The van der Waals surface area contributed by atoms with Crippen LogP contribution in [0.25, 0.3) is 0 Å². The monoisotopic (exact) mass is 241 g/mol. The molecule has 0 unspecified atom stereocenters. The lowest BCUT2D eigenvalue weighted by Gasteiger charge is -2.05. The third-order valence-electron chi connectivity index (χ3n) is 2.10. The molecule has 1 rings (SSSR count). The SMILES string of the molecule is CCOCC(=O)NCc1ccc(CCl)cc1. The maximum Gasteiger partial charge on any atom is 0.246 e. The Balaban J connectivity index is 2.33. The van der Waals surface area contributed by atoms with E-state index in [1.54, 1.807) is 0 Å². The minimum Gasteiger partial charge on any atom is -0.372 e. The zero-order chi connectivity index (χ0) is 11.8. The fourth-order valence-electron chi connectivity index (χ4n) is 1.19. The van der Waals surface area contributed by atoms with Crippen LogP contribution < -0.4 is 5.32 Å². The number of amides is 1. The average molecular weight is 242 g/mol. The summed E-state index contributed by atoms with van der Waals surface area (Å²) in [4.78, 5) is 11.2. The molecule has 1 aromatic rings. The summed E-state index contributed by atoms with van der Waals surface area (Å²) < 4.78 is 4.99. The van der Waals surface area contributed by atoms with Crippen molar-refractivity contribution in [2.75, 3.05) is 13.2 Å². The normalized spacial score (nSPS) is 10.1. The lowest BCUT2D eigenvalue weighted by Crippen LogP contribution is -2.27. The van der Waals surface area contributed by atoms with Gasteiger partial charge in [0.05, 0.1) is 0 Å². The number of nitrogens with one attached hydrogen (secondary N) is 1. The van der Waals surface area contributed by atoms with E-state index in [1.165, 1.54) is 0 Å². The lowest BCUT2D eigenvalue weighted by molar-refractivity contribution is -0.125. The minimum absolute atomic E-state index is 0.0942. The van der Waals surface area contributed by atoms with Gasteiger partial charge >= 0.3 is 0 Å². The summed E-state index contributed by atoms with van der Waals surface area (Å²) in [5.74, 6) is 0.417. The number of ether oxygens (including phenoxy) is 1. The first kappa shape index (κ1) is 13.0. The van der Waals surface area contributed by atoms with E-state index in [9.17, 15) is 4.79 Å². The number of halogens is 1. The van der Waals surface area contributed by atoms with Crippen molar-refractivity contribution in [3.63, 3.8) is 0 Å². The van der Waals surface area contributed by atoms with Gasteiger partial charge in [0, 0.05) is 19.0 Å². The van der Waals surface area contributed by atoms with E-state index < -0.39 is 0 Å². The smallest absolute Gasteiger partial charge is 0.246 e. The van der Waals surface area contributed by atoms with Gasteiger partial charge in [0.1, 0.15) is 6.61 Å². The van der Waals surface area contributed by atoms with E-state index >= 15 is 0 Å². The summed E-state index contributed by atoms with van der Waals surface area (Å²) in [6.45, 7) is 3.06. The van der Waals surface area contributed by atoms with E-state index in [0.717, 1.165) is 11.1 Å². The highest BCUT2D eigenvalue weighted by molar-refractivity contribution is 6.17. The van der Waals surface area contributed by atoms with Gasteiger partial charge in [0.25, 0.3) is 0 Å². The number of hydrogen-bond donors (Lipinski definition) is 1. The van der Waals surface area contributed by atoms with Gasteiger partial charge in [-0.25, -0.2) is 0 Å². The van der Waals surface area contributed by atoms with Crippen LogP contribution in [0.1, 0.15) is 18.1 Å². The molecule has 0 aliphatic rings. The first-order valence-electron chi connectivity index (χ1n) is 5.24. The van der Waals surface area contributed by atoms with E-state index in [2.05, 4.69) is 5.32 Å². The van der Waals surface area contributed by atoms with Crippen LogP contribution in [0.2, 0.25) is 0 Å². The quantitative estimate of drug-likeness (QED) is 0.775. The van der Waals surface area contributed by atoms with Crippen LogP contribution in [0, 0.1) is 0 Å². The number of carbonyl (C=O) groups excluding carboxylic acids is 1. The van der Waals surface area contributed by atoms with Crippen molar-refractivity contribution < 1.29 is 9.53 Å². The number of hydrogen-bond acceptors (Lipinski definition) is 2. The van der Waals surface area contributed by atoms with E-state index in [1.807, 2.05) is 31.2 Å². The number of rotatable bonds is 6. The maximum atomic E-state index is 11.2. The van der Waals surface area contributed by atoms with Crippen LogP contribution in [0.4, 0.5) is 0 Å². The van der Waals surface area contributed by atoms with Gasteiger partial charge in [-0.15, -0.1) is 11.6 Å². The molecule has 0 radical (unpaired) electrons. The Bertz CT molecular complexity index is 324. The molecule has 16 heavy (non-hydrogen) atoms. The zero-order valence-electron chi connectivity index (χ0n) is 9.33. The van der Waals surface area contributed by atoms with Crippen molar-refractivity contribution in [3.05, 3.63) is 35.4 Å². The van der Waals surface area contributed by atoms with Crippen molar-refractivity contribution >= 4 is 17.5 Å². The Morgan fingerprint density at radius 3 is 2.50 bits per heavy atom. The Morgan fingerprint density at radius 1 is 1.31 bits per heavy atom. The second kappa shape index (κ2) is 7.25. The molecule has 88 valence electrons. The largest absolute Gasteiger partial charge is 0.372 e. The van der Waals surface area contributed by atoms with E-state index in [0.29, 0.717) is 19.0 Å². The molecule has 0 bridgehead atoms. The van der Waals surface area contributed by atoms with Gasteiger partial charge in [0.2, 0.25) is 5.91 Å². The van der Waals surface area contributed by atoms with E-state index in [-0.39, 0.29) is 12.5 Å². The molecule has 3 nitrogen and oxygen atoms in total. The standard InChI is InChI=1S/C12H16ClNO2/c1-2-16-9-12(15)14-8-11-5-3-10(7-13)4-6-11/h3-6H,2,7-9H2,1H3,(H,14,15). The van der Waals surface area contributed by atoms with Crippen LogP contribution in [0.5, 0.6) is 0 Å². The number of benzene rings is 1. The highest BCUT2D eigenvalue weighted by atomic mass is 35.5. The summed E-state index contributed by atoms with van der Waals surface area (Å²) in [6.07, 6.45) is 0. The summed E-state index contributed by atoms with van der Waals surface area (Å²) >= 11 is 5.68. The predicted molar refractivity (Wildman–Crippen MR) is 64.3 cm³/mol. The molecule has 0 atom stereocenters. The summed E-state index contributed by atoms with van der Waals surface area (Å²) in [5.41, 5.74) is 2.13. The molecular weight excluding hydrogens is 226 g/mol. The Morgan fingerprint density at radius 2 is 1.94 bits per heavy atom. The summed E-state index contributed by atoms with van der Waals surface area (Å²) in [5, 5.41) is 2.77. The van der Waals surface area contributed by atoms with E-state index in [4.69, 9.17) is 16.3 Å². The maximum absolute atomic E-state index is 11.2. The molecule has 0 aromatic heterocycles. The molecule has 0 spiro atoms. The fourth-order valence-corrected chi connectivity index (χ4v) is 1.37. The molecule has 1 N–H and O–H groups in total. The van der Waals surface area contributed by atoms with Crippen molar-refractivity contribution in [1.82, 2.24) is 5.32 Å². The number of alkyl halides is 1. The Hall–Kier alpha value is -1.06. The van der Waals surface area contributed by atoms with Gasteiger partial charge < -0.3 is 10.1 Å². The Labute approximate surface area is 101 Å². The van der Waals surface area contributed by atoms with Crippen LogP contribution in [0.15, 0.2) is 24.3 Å². The molecule has 0 aliphatic heterocycles. The van der Waals surface area contributed by atoms with Crippen molar-refractivity contribution in [2.24, 2.45) is 0 Å². The minimum atomic E-state index is -0.0942. The third-order valence-corrected chi connectivity index (χ3v) is 2.41. The molecule has 1 aromatic carbocycles. The second-order valence-corrected chi connectivity index (χ2v) is 3.63. The molecule has 0 saturated carbocycles. The molecule has 0 fully saturated rings. The third kappa shape index (κ3) is 4.64. The predicted octanol–water partition coefficient (Wildman–Crippen LogP) is 2.08. The van der Waals surface area contributed by atoms with Crippen LogP contribution in [-0.2, 0) is 22.0 Å². The molecule has 0 heterocycles. The zero-order valence-corrected chi connectivity index (χ0v) is 10.1. The highest BCUT2D eigenvalue weighted by Gasteiger charge is 2.00. The summed E-state index contributed by atoms with van der Waals surface area (Å²) in [6, 6.07) is 7.82. The van der Waals surface area contributed by atoms with Gasteiger partial charge in [-0.3, -0.25) is 4.79 Å². The fraction of sp³-hybridized carbons (Fsp3) is 0.417. The molecule has 0 saturated heterocycles.